The zero-order valence-corrected chi connectivity index (χ0v) is 25.0. The minimum atomic E-state index is -3.57. The molecule has 0 aliphatic heterocycles. The van der Waals surface area contributed by atoms with E-state index in [2.05, 4.69) is 30.8 Å². The van der Waals surface area contributed by atoms with Gasteiger partial charge in [0.05, 0.1) is 11.4 Å². The van der Waals surface area contributed by atoms with Crippen LogP contribution >= 0.6 is 0 Å². The number of fused-ring (bicyclic) bond motifs is 5. The molecule has 5 aliphatic carbocycles. The van der Waals surface area contributed by atoms with Crippen molar-refractivity contribution in [2.45, 2.75) is 135 Å². The van der Waals surface area contributed by atoms with Crippen molar-refractivity contribution in [1.82, 2.24) is 10.0 Å². The molecule has 7 heteroatoms. The van der Waals surface area contributed by atoms with E-state index in [-0.39, 0.29) is 6.10 Å². The Bertz CT molecular complexity index is 950. The Labute approximate surface area is 231 Å². The average molecular weight is 551 g/mol. The Hall–Kier alpha value is -0.820. The van der Waals surface area contributed by atoms with Gasteiger partial charge in [0.25, 0.3) is 0 Å². The summed E-state index contributed by atoms with van der Waals surface area (Å²) in [4.78, 5) is 12.4. The van der Waals surface area contributed by atoms with E-state index in [0.29, 0.717) is 42.1 Å². The summed E-state index contributed by atoms with van der Waals surface area (Å²) in [6.45, 7) is 8.07. The van der Waals surface area contributed by atoms with Crippen LogP contribution in [0.5, 0.6) is 0 Å². The van der Waals surface area contributed by atoms with Crippen LogP contribution in [-0.4, -0.2) is 37.5 Å². The number of aliphatic hydroxyl groups excluding tert-OH is 1. The number of nitrogens with one attached hydrogen (secondary N) is 2. The molecule has 0 heterocycles. The lowest BCUT2D eigenvalue weighted by Gasteiger charge is -2.63. The van der Waals surface area contributed by atoms with E-state index in [1.54, 1.807) is 0 Å². The van der Waals surface area contributed by atoms with Gasteiger partial charge in [-0.05, 0) is 123 Å². The Kier molecular flexibility index (Phi) is 8.47. The molecule has 5 saturated carbocycles. The van der Waals surface area contributed by atoms with E-state index in [0.717, 1.165) is 68.6 Å². The molecule has 218 valence electrons. The fraction of sp³-hybridized carbons (Fsp3) is 0.968. The van der Waals surface area contributed by atoms with Crippen LogP contribution in [-0.2, 0) is 10.0 Å². The molecule has 0 aromatic rings. The van der Waals surface area contributed by atoms with E-state index < -0.39 is 21.3 Å². The third-order valence-corrected chi connectivity index (χ3v) is 14.6. The van der Waals surface area contributed by atoms with Gasteiger partial charge in [-0.25, -0.2) is 17.9 Å². The van der Waals surface area contributed by atoms with Crippen molar-refractivity contribution < 1.29 is 18.3 Å². The quantitative estimate of drug-likeness (QED) is 0.320. The van der Waals surface area contributed by atoms with Crippen molar-refractivity contribution >= 4 is 16.1 Å². The molecule has 0 aromatic carbocycles. The summed E-state index contributed by atoms with van der Waals surface area (Å²) in [5.74, 6) is 4.60. The van der Waals surface area contributed by atoms with Crippen LogP contribution < -0.4 is 10.0 Å². The van der Waals surface area contributed by atoms with Crippen LogP contribution in [0, 0.1) is 46.3 Å². The lowest BCUT2D eigenvalue weighted by molar-refractivity contribution is -0.150. The number of hydrogen-bond donors (Lipinski definition) is 3. The topological polar surface area (TPSA) is 95.5 Å². The van der Waals surface area contributed by atoms with Crippen molar-refractivity contribution in [2.75, 3.05) is 6.54 Å². The van der Waals surface area contributed by atoms with E-state index in [1.165, 1.54) is 44.9 Å². The molecule has 0 spiro atoms. The molecule has 3 N–H and O–H groups in total. The van der Waals surface area contributed by atoms with Gasteiger partial charge in [-0.15, -0.1) is 0 Å². The van der Waals surface area contributed by atoms with Gasteiger partial charge in [0.15, 0.2) is 0 Å². The molecule has 2 amide bonds. The van der Waals surface area contributed by atoms with Crippen LogP contribution in [0.25, 0.3) is 0 Å². The number of sulfonamides is 1. The Morgan fingerprint density at radius 2 is 1.61 bits per heavy atom. The summed E-state index contributed by atoms with van der Waals surface area (Å²) in [7, 11) is -3.57. The highest BCUT2D eigenvalue weighted by atomic mass is 32.2. The first-order valence-electron chi connectivity index (χ1n) is 16.1. The number of amides is 2. The van der Waals surface area contributed by atoms with Gasteiger partial charge < -0.3 is 10.4 Å². The standard InChI is InChI=1S/C31H54N2O4S/c1-4-21-19-25-26-13-12-22(9-8-18-32-29(35)33-38(36,37)24-10-6-5-7-11-24)30(26,2)17-15-27(25)31(3)16-14-23(34)20-28(21)31/h21-28,34H,4-20H2,1-3H3,(H2,32,33,35)/t21-,22-,23+,25-,26-,27-,28-,30+,31+/m0/s1. The average Bonchev–Trinajstić information content (AvgIpc) is 3.23. The van der Waals surface area contributed by atoms with Crippen molar-refractivity contribution in [3.8, 4) is 0 Å². The summed E-state index contributed by atoms with van der Waals surface area (Å²) in [6, 6.07) is -0.556. The first-order valence-corrected chi connectivity index (χ1v) is 17.6. The minimum absolute atomic E-state index is 0.0912. The molecule has 5 rings (SSSR count). The second-order valence-corrected chi connectivity index (χ2v) is 16.4. The molecule has 0 saturated heterocycles. The van der Waals surface area contributed by atoms with Crippen LogP contribution in [0.2, 0.25) is 0 Å². The maximum atomic E-state index is 12.5. The van der Waals surface area contributed by atoms with E-state index in [1.807, 2.05) is 0 Å². The maximum Gasteiger partial charge on any atom is 0.328 e. The van der Waals surface area contributed by atoms with Gasteiger partial charge in [0.2, 0.25) is 10.0 Å². The SMILES string of the molecule is CC[C@H]1C[C@@H]2[C@H](CC[C@]3(C)[C@@H](CCCNC(=O)NS(=O)(=O)C4CCCCC4)CC[C@@H]23)[C@@]2(C)CC[C@@H](O)C[C@@H]12. The maximum absolute atomic E-state index is 12.5. The second kappa shape index (κ2) is 11.2. The third-order valence-electron chi connectivity index (χ3n) is 12.8. The summed E-state index contributed by atoms with van der Waals surface area (Å²) < 4.78 is 27.4. The molecule has 0 bridgehead atoms. The number of hydrogen-bond acceptors (Lipinski definition) is 4. The Morgan fingerprint density at radius 1 is 0.895 bits per heavy atom. The molecule has 0 unspecified atom stereocenters. The van der Waals surface area contributed by atoms with Gasteiger partial charge in [0, 0.05) is 6.54 Å². The molecule has 5 fully saturated rings. The zero-order valence-electron chi connectivity index (χ0n) is 24.2. The fourth-order valence-electron chi connectivity index (χ4n) is 10.7. The highest BCUT2D eigenvalue weighted by molar-refractivity contribution is 7.90. The Balaban J connectivity index is 1.14. The first kappa shape index (κ1) is 28.7. The van der Waals surface area contributed by atoms with Gasteiger partial charge in [-0.3, -0.25) is 0 Å². The predicted octanol–water partition coefficient (Wildman–Crippen LogP) is 6.38. The highest BCUT2D eigenvalue weighted by Crippen LogP contribution is 2.69. The van der Waals surface area contributed by atoms with E-state index >= 15 is 0 Å². The van der Waals surface area contributed by atoms with Crippen molar-refractivity contribution in [3.63, 3.8) is 0 Å². The van der Waals surface area contributed by atoms with Crippen molar-refractivity contribution in [3.05, 3.63) is 0 Å². The molecule has 5 aliphatic rings. The van der Waals surface area contributed by atoms with Gasteiger partial charge in [-0.2, -0.15) is 0 Å². The molecule has 0 radical (unpaired) electrons. The van der Waals surface area contributed by atoms with Crippen LogP contribution in [0.15, 0.2) is 0 Å². The first-order chi connectivity index (χ1) is 18.1. The van der Waals surface area contributed by atoms with Gasteiger partial charge in [-0.1, -0.05) is 46.5 Å². The third kappa shape index (κ3) is 5.29. The molecule has 9 atom stereocenters. The fourth-order valence-corrected chi connectivity index (χ4v) is 12.1. The number of rotatable bonds is 7. The van der Waals surface area contributed by atoms with Crippen molar-refractivity contribution in [1.29, 1.82) is 0 Å². The number of urea groups is 1. The predicted molar refractivity (Wildman–Crippen MR) is 152 cm³/mol. The van der Waals surface area contributed by atoms with Crippen LogP contribution in [0.1, 0.15) is 124 Å². The van der Waals surface area contributed by atoms with E-state index in [4.69, 9.17) is 0 Å². The summed E-state index contributed by atoms with van der Waals surface area (Å²) in [5.41, 5.74) is 0.793. The lowest BCUT2D eigenvalue weighted by Crippen LogP contribution is -2.56. The van der Waals surface area contributed by atoms with Crippen molar-refractivity contribution in [2.24, 2.45) is 46.3 Å². The Morgan fingerprint density at radius 3 is 2.34 bits per heavy atom. The monoisotopic (exact) mass is 550 g/mol. The molecular formula is C31H54N2O4S. The number of aliphatic hydroxyl groups is 1. The summed E-state index contributed by atoms with van der Waals surface area (Å²) in [6.07, 6.45) is 17.3. The minimum Gasteiger partial charge on any atom is -0.393 e. The smallest absolute Gasteiger partial charge is 0.328 e. The zero-order chi connectivity index (χ0) is 27.1. The normalized spacial score (nSPS) is 43.5. The van der Waals surface area contributed by atoms with Gasteiger partial charge >= 0.3 is 6.03 Å². The molecule has 6 nitrogen and oxygen atoms in total. The second-order valence-electron chi connectivity index (χ2n) is 14.4. The van der Waals surface area contributed by atoms with E-state index in [9.17, 15) is 18.3 Å². The lowest BCUT2D eigenvalue weighted by atomic mass is 9.42. The number of carbonyl (C=O) groups excluding carboxylic acids is 1. The van der Waals surface area contributed by atoms with Gasteiger partial charge in [0.1, 0.15) is 0 Å². The van der Waals surface area contributed by atoms with Crippen LogP contribution in [0.4, 0.5) is 4.79 Å². The largest absolute Gasteiger partial charge is 0.393 e. The number of carbonyl (C=O) groups is 1. The van der Waals surface area contributed by atoms with Crippen LogP contribution in [0.3, 0.4) is 0 Å². The summed E-state index contributed by atoms with van der Waals surface area (Å²) in [5, 5.41) is 12.9. The molecule has 0 aromatic heterocycles. The molecular weight excluding hydrogens is 496 g/mol. The highest BCUT2D eigenvalue weighted by Gasteiger charge is 2.61. The molecule has 38 heavy (non-hydrogen) atoms. The summed E-state index contributed by atoms with van der Waals surface area (Å²) >= 11 is 0.